The Morgan fingerprint density at radius 1 is 0.716 bits per heavy atom. The Kier molecular flexibility index (Phi) is 49.0. The molecule has 7 heterocycles. The van der Waals surface area contributed by atoms with Crippen LogP contribution in [0, 0.1) is 57.0 Å². The van der Waals surface area contributed by atoms with Gasteiger partial charge in [0.1, 0.15) is 6.26 Å². The molecular formula is C40H48Cl4F9N20O11PS3. The molecule has 0 aliphatic heterocycles. The largest absolute Gasteiger partial charge is 0.498 e. The molecule has 7 rings (SSSR count). The van der Waals surface area contributed by atoms with Crippen LogP contribution in [0.1, 0.15) is 13.8 Å². The zero-order valence-corrected chi connectivity index (χ0v) is 52.4. The molecule has 88 heavy (non-hydrogen) atoms. The van der Waals surface area contributed by atoms with Crippen LogP contribution in [-0.4, -0.2) is 142 Å². The van der Waals surface area contributed by atoms with Crippen molar-refractivity contribution in [3.05, 3.63) is 116 Å². The predicted molar refractivity (Wildman–Crippen MR) is 307 cm³/mol. The molecule has 0 saturated heterocycles. The van der Waals surface area contributed by atoms with Gasteiger partial charge in [0.2, 0.25) is 16.2 Å². The van der Waals surface area contributed by atoms with Gasteiger partial charge in [0.25, 0.3) is 29.5 Å². The van der Waals surface area contributed by atoms with Gasteiger partial charge >= 0.3 is 35.3 Å². The second kappa shape index (κ2) is 50.0. The van der Waals surface area contributed by atoms with Gasteiger partial charge in [0.15, 0.2) is 51.7 Å². The van der Waals surface area contributed by atoms with Gasteiger partial charge in [-0.25, -0.2) is 62.1 Å². The van der Waals surface area contributed by atoms with E-state index in [2.05, 4.69) is 179 Å². The Morgan fingerprint density at radius 2 is 1.11 bits per heavy atom. The summed E-state index contributed by atoms with van der Waals surface area (Å²) >= 11 is 31.9. The van der Waals surface area contributed by atoms with E-state index in [4.69, 9.17) is 39.8 Å². The molecular weight excluding hydrogens is 1380 g/mol. The second-order valence-corrected chi connectivity index (χ2v) is 20.6. The van der Waals surface area contributed by atoms with Crippen molar-refractivity contribution < 1.29 is 86.8 Å². The summed E-state index contributed by atoms with van der Waals surface area (Å²) < 4.78 is 160. The van der Waals surface area contributed by atoms with Crippen LogP contribution >= 0.6 is 87.2 Å². The summed E-state index contributed by atoms with van der Waals surface area (Å²) in [6.45, 7) is 3.23. The van der Waals surface area contributed by atoms with Crippen molar-refractivity contribution in [2.24, 2.45) is 23.3 Å². The minimum atomic E-state index is -3.22. The number of ketones is 1. The number of halogens is 13. The predicted octanol–water partition coefficient (Wildman–Crippen LogP) is 7.16. The van der Waals surface area contributed by atoms with Crippen molar-refractivity contribution in [2.75, 3.05) is 61.8 Å². The van der Waals surface area contributed by atoms with Gasteiger partial charge in [-0.15, -0.1) is 0 Å². The number of nitrogens with two attached hydrogens (primary N) is 4. The van der Waals surface area contributed by atoms with E-state index in [0.717, 1.165) is 38.0 Å². The first-order chi connectivity index (χ1) is 41.3. The summed E-state index contributed by atoms with van der Waals surface area (Å²) in [5.74, 6) is 4.11. The molecule has 7 aromatic rings. The van der Waals surface area contributed by atoms with Gasteiger partial charge in [0.05, 0.1) is 93.6 Å². The first-order valence-electron chi connectivity index (χ1n) is 21.3. The first kappa shape index (κ1) is 86.4. The number of carbonyl (C=O) groups is 1. The van der Waals surface area contributed by atoms with E-state index < -0.39 is 69.2 Å². The van der Waals surface area contributed by atoms with Crippen molar-refractivity contribution in [3.63, 3.8) is 0 Å². The highest BCUT2D eigenvalue weighted by atomic mass is 36.0. The summed E-state index contributed by atoms with van der Waals surface area (Å²) in [6, 6.07) is -0.268. The molecule has 0 aromatic carbocycles. The third-order valence-corrected chi connectivity index (χ3v) is 7.55. The number of rotatable bonds is 10. The van der Waals surface area contributed by atoms with Crippen molar-refractivity contribution in [2.45, 2.75) is 13.8 Å². The summed E-state index contributed by atoms with van der Waals surface area (Å²) in [5, 5.41) is 8.97. The Hall–Kier alpha value is -8.09. The molecule has 0 radical (unpaired) electrons. The average molecular weight is 1420 g/mol. The van der Waals surface area contributed by atoms with E-state index in [-0.39, 0.29) is 63.5 Å². The lowest BCUT2D eigenvalue weighted by atomic mass is 10.4. The molecule has 0 unspecified atom stereocenters. The third kappa shape index (κ3) is 40.3. The number of fused-ring (bicyclic) bond motifs is 1. The highest BCUT2D eigenvalue weighted by Gasteiger charge is 2.11. The highest BCUT2D eigenvalue weighted by molar-refractivity contribution is 8.24. The lowest BCUT2D eigenvalue weighted by molar-refractivity contribution is -0.115. The fourth-order valence-corrected chi connectivity index (χ4v) is 3.88. The molecule has 0 fully saturated rings. The van der Waals surface area contributed by atoms with Crippen LogP contribution in [-0.2, 0) is 18.8 Å². The quantitative estimate of drug-likeness (QED) is 0.00643. The minimum absolute atomic E-state index is 0.00593. The smallest absolute Gasteiger partial charge is 0.339 e. The summed E-state index contributed by atoms with van der Waals surface area (Å²) in [4.78, 5) is 56.4. The number of Topliss-reactive ketones (excluding diaryl/α,β-unsaturated/α-hetero) is 1. The zero-order chi connectivity index (χ0) is 68.7. The number of aromatic nitrogens is 14. The molecule has 12 N–H and O–H groups in total. The number of carbonyl (C=O) groups excluding carboxylic acids is 1. The Bertz CT molecular complexity index is 3300. The number of nitrogens with one attached hydrogen (secondary N) is 4. The fraction of sp³-hybridized carbons (Fsp3) is 0.250. The molecule has 48 heteroatoms. The van der Waals surface area contributed by atoms with E-state index in [1.54, 1.807) is 6.92 Å². The van der Waals surface area contributed by atoms with E-state index in [1.165, 1.54) is 54.2 Å². The number of hydrogen-bond donors (Lipinski definition) is 8. The normalized spacial score (nSPS) is 9.40. The fourth-order valence-electron chi connectivity index (χ4n) is 3.55. The summed E-state index contributed by atoms with van der Waals surface area (Å²) in [6.07, 6.45) is 6.00. The number of allylic oxidation sites excluding steroid dienone is 1. The van der Waals surface area contributed by atoms with Crippen molar-refractivity contribution in [1.82, 2.24) is 69.4 Å². The topological polar surface area (TPSA) is 443 Å². The molecule has 0 aliphatic carbocycles. The van der Waals surface area contributed by atoms with Crippen molar-refractivity contribution in [1.29, 1.82) is 5.41 Å². The standard InChI is InChI=1S/C6H5FN4OS.C6H9FO2.C5H4ClFN2O.2C5H4F2N2O.C5H7FN4O.C5H5FN2O2.C2H6N2O.CS2.Cl3OP.H4N2/c1-12-5-8-2-3(7)4-9-10-6(13)11(4)5;1-3-9-4-6(7)5(2)8;1-10-5-8-2-3(7)4(6)9-5;2*1-10-5-8-2-3(6)4(7)9-5;1-11-5-8-2-3(6)4(9-5)10-7;1-10-5-7-2-3(6)4(9)8-5;1-5-2(3)4;2-1-3;1-5(2,3)4;1-2/h2H,1H3,(H,10,13);4H,3H2,1-2H3;3*2H,1H3;2H,7H2,1H3,(H,8,9,10);2H,1H3,(H,7,8,9);1H3,(H3,3,4);;;1-2H2/b;6-4+;;;;;;;;;. The van der Waals surface area contributed by atoms with Gasteiger partial charge in [-0.05, 0) is 77.3 Å². The van der Waals surface area contributed by atoms with E-state index in [1.807, 2.05) is 4.31 Å². The summed E-state index contributed by atoms with van der Waals surface area (Å²) in [7, 11) is 9.41. The molecule has 0 amide bonds. The molecule has 0 saturated carbocycles. The number of hydrogen-bond acceptors (Lipinski definition) is 30. The van der Waals surface area contributed by atoms with Crippen LogP contribution in [0.3, 0.4) is 0 Å². The van der Waals surface area contributed by atoms with Crippen LogP contribution in [0.15, 0.2) is 54.1 Å². The average Bonchev–Trinajstić information content (AvgIpc) is 2.40. The maximum atomic E-state index is 13.0. The Balaban J connectivity index is -0.000000452. The van der Waals surface area contributed by atoms with E-state index in [9.17, 15) is 53.7 Å². The van der Waals surface area contributed by atoms with Crippen LogP contribution in [0.25, 0.3) is 5.65 Å². The number of ether oxygens (including phenoxy) is 8. The van der Waals surface area contributed by atoms with Gasteiger partial charge < -0.3 is 49.1 Å². The van der Waals surface area contributed by atoms with Crippen molar-refractivity contribution >= 4 is 115 Å². The highest BCUT2D eigenvalue weighted by Crippen LogP contribution is 2.61. The SMILES string of the molecule is CCO/C=C(/F)C(C)=O.COC(=N)N.COc1ncc(F)c(=O)[nH]1.COc1ncc(F)c(Cl)n1.COc1ncc(F)c(F)n1.COc1ncc(F)c(F)n1.COc1ncc(F)c(NN)n1.COc1ncc(F)c2n[nH]c(=S)n12.NN.O=P(Cl)(Cl)Cl.S=C=S. The molecule has 0 aliphatic rings. The van der Waals surface area contributed by atoms with Crippen LogP contribution in [0.5, 0.6) is 36.1 Å². The second-order valence-electron chi connectivity index (χ2n) is 12.6. The van der Waals surface area contributed by atoms with Crippen LogP contribution in [0.4, 0.5) is 45.3 Å². The molecule has 7 aromatic heterocycles. The maximum absolute atomic E-state index is 13.0. The third-order valence-electron chi connectivity index (χ3n) is 7.01. The number of nitrogen functional groups attached to an aromatic ring is 1. The number of amidine groups is 1. The molecule has 0 spiro atoms. The lowest BCUT2D eigenvalue weighted by Gasteiger charge is -2.01. The number of anilines is 1. The number of aromatic amines is 2. The molecule has 0 atom stereocenters. The van der Waals surface area contributed by atoms with Gasteiger partial charge in [-0.2, -0.15) is 42.6 Å². The lowest BCUT2D eigenvalue weighted by Crippen LogP contribution is -2.12. The Labute approximate surface area is 525 Å². The molecule has 488 valence electrons. The van der Waals surface area contributed by atoms with Crippen molar-refractivity contribution in [3.8, 4) is 36.1 Å². The van der Waals surface area contributed by atoms with E-state index in [0.29, 0.717) is 19.0 Å². The number of methoxy groups -OCH3 is 7. The molecule has 0 bridgehead atoms. The van der Waals surface area contributed by atoms with Crippen LogP contribution in [0.2, 0.25) is 5.15 Å². The van der Waals surface area contributed by atoms with Crippen LogP contribution < -0.4 is 62.7 Å². The minimum Gasteiger partial charge on any atom is -0.498 e. The van der Waals surface area contributed by atoms with Gasteiger partial charge in [0, 0.05) is 11.2 Å². The van der Waals surface area contributed by atoms with Gasteiger partial charge in [-0.3, -0.25) is 41.3 Å². The molecule has 31 nitrogen and oxygen atoms in total. The zero-order valence-electron chi connectivity index (χ0n) is 46.0. The number of thiocarbonyl (C=S) groups is 2. The van der Waals surface area contributed by atoms with Gasteiger partial charge in [-0.1, -0.05) is 11.6 Å². The summed E-state index contributed by atoms with van der Waals surface area (Å²) in [5.41, 5.74) is 5.97. The van der Waals surface area contributed by atoms with E-state index >= 15 is 0 Å². The maximum Gasteiger partial charge on any atom is 0.339 e. The number of H-pyrrole nitrogens is 2. The monoisotopic (exact) mass is 1420 g/mol. The number of nitrogens with zero attached hydrogens (tertiary/aromatic N) is 12. The first-order valence-corrected chi connectivity index (χ1v) is 27.4. The number of hydrazine groups is 2. The Morgan fingerprint density at radius 3 is 1.47 bits per heavy atom.